The number of ether oxygens (including phenoxy) is 3. The van der Waals surface area contributed by atoms with E-state index in [1.807, 2.05) is 0 Å². The molecular weight excluding hydrogens is 442 g/mol. The zero-order chi connectivity index (χ0) is 24.7. The molecule has 0 N–H and O–H groups in total. The molecular formula is C27H20F2O5. The average molecular weight is 462 g/mol. The molecule has 0 aromatic heterocycles. The van der Waals surface area contributed by atoms with Crippen LogP contribution in [0.4, 0.5) is 8.78 Å². The van der Waals surface area contributed by atoms with E-state index in [1.165, 1.54) is 31.4 Å². The van der Waals surface area contributed by atoms with Gasteiger partial charge < -0.3 is 14.2 Å². The topological polar surface area (TPSA) is 61.8 Å². The second kappa shape index (κ2) is 10.9. The highest BCUT2D eigenvalue weighted by Gasteiger charge is 2.12. The lowest BCUT2D eigenvalue weighted by Gasteiger charge is -2.10. The molecule has 0 aliphatic heterocycles. The summed E-state index contributed by atoms with van der Waals surface area (Å²) in [5.41, 5.74) is 1.65. The molecule has 0 unspecified atom stereocenters. The molecule has 5 nitrogen and oxygen atoms in total. The van der Waals surface area contributed by atoms with Gasteiger partial charge in [0.1, 0.15) is 35.7 Å². The van der Waals surface area contributed by atoms with Crippen LogP contribution in [0.1, 0.15) is 6.92 Å². The van der Waals surface area contributed by atoms with E-state index < -0.39 is 23.6 Å². The largest absolute Gasteiger partial charge is 0.462 e. The van der Waals surface area contributed by atoms with Gasteiger partial charge >= 0.3 is 11.9 Å². The number of esters is 2. The van der Waals surface area contributed by atoms with Gasteiger partial charge in [-0.15, -0.1) is 0 Å². The van der Waals surface area contributed by atoms with Crippen LogP contribution in [-0.4, -0.2) is 11.9 Å². The Balaban J connectivity index is 1.72. The summed E-state index contributed by atoms with van der Waals surface area (Å²) in [6.07, 6.45) is 3.26. The molecule has 7 heteroatoms. The molecule has 0 saturated carbocycles. The summed E-state index contributed by atoms with van der Waals surface area (Å²) in [4.78, 5) is 22.5. The fourth-order valence-corrected chi connectivity index (χ4v) is 2.88. The molecule has 0 aliphatic rings. The first-order valence-corrected chi connectivity index (χ1v) is 10.0. The molecule has 34 heavy (non-hydrogen) atoms. The maximum absolute atomic E-state index is 14.8. The van der Waals surface area contributed by atoms with Crippen molar-refractivity contribution in [2.45, 2.75) is 6.92 Å². The Morgan fingerprint density at radius 3 is 2.03 bits per heavy atom. The lowest BCUT2D eigenvalue weighted by atomic mass is 9.99. The SMILES string of the molecule is C=CC(=O)Oc1ccc(-c2ccc(-c3ccc(O/C=C\OC(=O)C(=C)C)cc3)c(F)c2)c(F)c1. The molecule has 3 aromatic rings. The van der Waals surface area contributed by atoms with E-state index in [-0.39, 0.29) is 16.9 Å². The van der Waals surface area contributed by atoms with Gasteiger partial charge in [-0.25, -0.2) is 18.4 Å². The zero-order valence-corrected chi connectivity index (χ0v) is 18.2. The first kappa shape index (κ1) is 24.1. The minimum atomic E-state index is -0.707. The van der Waals surface area contributed by atoms with Crippen LogP contribution >= 0.6 is 0 Å². The third-order valence-electron chi connectivity index (χ3n) is 4.55. The van der Waals surface area contributed by atoms with Crippen molar-refractivity contribution in [2.24, 2.45) is 0 Å². The van der Waals surface area contributed by atoms with Gasteiger partial charge in [-0.2, -0.15) is 0 Å². The summed E-state index contributed by atoms with van der Waals surface area (Å²) in [6, 6.07) is 14.8. The predicted molar refractivity (Wildman–Crippen MR) is 124 cm³/mol. The molecule has 0 atom stereocenters. The van der Waals surface area contributed by atoms with Crippen LogP contribution in [0.25, 0.3) is 22.3 Å². The number of carbonyl (C=O) groups is 2. The van der Waals surface area contributed by atoms with Gasteiger partial charge in [-0.1, -0.05) is 37.4 Å². The summed E-state index contributed by atoms with van der Waals surface area (Å²) in [5, 5.41) is 0. The van der Waals surface area contributed by atoms with Gasteiger partial charge in [0, 0.05) is 28.8 Å². The van der Waals surface area contributed by atoms with Crippen molar-refractivity contribution in [3.8, 4) is 33.8 Å². The molecule has 0 aliphatic carbocycles. The Morgan fingerprint density at radius 1 is 0.824 bits per heavy atom. The van der Waals surface area contributed by atoms with Gasteiger partial charge in [-0.05, 0) is 48.4 Å². The Morgan fingerprint density at radius 2 is 1.41 bits per heavy atom. The highest BCUT2D eigenvalue weighted by Crippen LogP contribution is 2.31. The van der Waals surface area contributed by atoms with Crippen LogP contribution in [0.2, 0.25) is 0 Å². The summed E-state index contributed by atoms with van der Waals surface area (Å²) in [6.45, 7) is 8.27. The van der Waals surface area contributed by atoms with Crippen molar-refractivity contribution in [2.75, 3.05) is 0 Å². The molecule has 0 amide bonds. The van der Waals surface area contributed by atoms with E-state index >= 15 is 0 Å². The van der Waals surface area contributed by atoms with E-state index in [0.29, 0.717) is 22.4 Å². The van der Waals surface area contributed by atoms with Gasteiger partial charge in [0.2, 0.25) is 0 Å². The molecule has 0 saturated heterocycles. The van der Waals surface area contributed by atoms with E-state index in [2.05, 4.69) is 13.2 Å². The van der Waals surface area contributed by atoms with Crippen LogP contribution in [0.5, 0.6) is 11.5 Å². The summed E-state index contributed by atoms with van der Waals surface area (Å²) in [5.74, 6) is -2.01. The van der Waals surface area contributed by atoms with Crippen molar-refractivity contribution in [3.63, 3.8) is 0 Å². The fourth-order valence-electron chi connectivity index (χ4n) is 2.88. The predicted octanol–water partition coefficient (Wildman–Crippen LogP) is 6.36. The molecule has 3 rings (SSSR count). The van der Waals surface area contributed by atoms with E-state index in [1.54, 1.807) is 36.4 Å². The lowest BCUT2D eigenvalue weighted by Crippen LogP contribution is -2.03. The summed E-state index contributed by atoms with van der Waals surface area (Å²) >= 11 is 0. The van der Waals surface area contributed by atoms with Crippen LogP contribution in [0, 0.1) is 11.6 Å². The number of hydrogen-bond acceptors (Lipinski definition) is 5. The van der Waals surface area contributed by atoms with Crippen molar-refractivity contribution < 1.29 is 32.6 Å². The van der Waals surface area contributed by atoms with E-state index in [9.17, 15) is 18.4 Å². The fraction of sp³-hybridized carbons (Fsp3) is 0.0370. The van der Waals surface area contributed by atoms with Gasteiger partial charge in [0.15, 0.2) is 0 Å². The molecule has 0 heterocycles. The molecule has 172 valence electrons. The van der Waals surface area contributed by atoms with Gasteiger partial charge in [0.05, 0.1) is 0 Å². The minimum absolute atomic E-state index is 0.0226. The van der Waals surface area contributed by atoms with E-state index in [4.69, 9.17) is 14.2 Å². The molecule has 0 bridgehead atoms. The standard InChI is InChI=1S/C27H20F2O5/c1-4-26(30)34-21-10-12-23(25(29)16-21)19-7-11-22(24(28)15-19)18-5-8-20(9-6-18)32-13-14-33-27(31)17(2)3/h4-16H,1-2H2,3H3/b14-13-. The van der Waals surface area contributed by atoms with Crippen molar-refractivity contribution in [3.05, 3.63) is 110 Å². The highest BCUT2D eigenvalue weighted by molar-refractivity contribution is 5.87. The Kier molecular flexibility index (Phi) is 7.71. The van der Waals surface area contributed by atoms with Crippen LogP contribution < -0.4 is 9.47 Å². The van der Waals surface area contributed by atoms with Crippen LogP contribution in [0.15, 0.2) is 98.0 Å². The third-order valence-corrected chi connectivity index (χ3v) is 4.55. The number of benzene rings is 3. The summed E-state index contributed by atoms with van der Waals surface area (Å²) < 4.78 is 44.3. The molecule has 3 aromatic carbocycles. The number of rotatable bonds is 8. The minimum Gasteiger partial charge on any atom is -0.462 e. The Labute approximate surface area is 195 Å². The number of halogens is 2. The first-order valence-electron chi connectivity index (χ1n) is 10.0. The third kappa shape index (κ3) is 6.04. The normalized spacial score (nSPS) is 10.6. The zero-order valence-electron chi connectivity index (χ0n) is 18.2. The smallest absolute Gasteiger partial charge is 0.338 e. The highest BCUT2D eigenvalue weighted by atomic mass is 19.1. The maximum atomic E-state index is 14.8. The molecule has 0 fully saturated rings. The van der Waals surface area contributed by atoms with Crippen molar-refractivity contribution in [1.29, 1.82) is 0 Å². The van der Waals surface area contributed by atoms with Crippen LogP contribution in [0.3, 0.4) is 0 Å². The molecule has 0 spiro atoms. The molecule has 0 radical (unpaired) electrons. The quantitative estimate of drug-likeness (QED) is 0.169. The summed E-state index contributed by atoms with van der Waals surface area (Å²) in [7, 11) is 0. The Bertz CT molecular complexity index is 1280. The number of carbonyl (C=O) groups excluding carboxylic acids is 2. The second-order valence-corrected chi connectivity index (χ2v) is 7.06. The van der Waals surface area contributed by atoms with Crippen LogP contribution in [-0.2, 0) is 14.3 Å². The van der Waals surface area contributed by atoms with Crippen molar-refractivity contribution >= 4 is 11.9 Å². The monoisotopic (exact) mass is 462 g/mol. The van der Waals surface area contributed by atoms with Gasteiger partial charge in [-0.3, -0.25) is 0 Å². The second-order valence-electron chi connectivity index (χ2n) is 7.06. The lowest BCUT2D eigenvalue weighted by molar-refractivity contribution is -0.133. The van der Waals surface area contributed by atoms with E-state index in [0.717, 1.165) is 18.4 Å². The Hall–Kier alpha value is -4.52. The van der Waals surface area contributed by atoms with Crippen molar-refractivity contribution in [1.82, 2.24) is 0 Å². The average Bonchev–Trinajstić information content (AvgIpc) is 2.82. The maximum Gasteiger partial charge on any atom is 0.338 e. The van der Waals surface area contributed by atoms with Gasteiger partial charge in [0.25, 0.3) is 0 Å². The first-order chi connectivity index (χ1) is 16.3. The number of hydrogen-bond donors (Lipinski definition) is 0.